The first kappa shape index (κ1) is 16.9. The van der Waals surface area contributed by atoms with E-state index in [1.54, 1.807) is 5.32 Å². The van der Waals surface area contributed by atoms with Crippen LogP contribution < -0.4 is 16.0 Å². The third-order valence-electron chi connectivity index (χ3n) is 2.82. The number of amides is 2. The molecule has 2 amide bonds. The highest BCUT2D eigenvalue weighted by Crippen LogP contribution is 2.42. The molecule has 0 unspecified atom stereocenters. The van der Waals surface area contributed by atoms with Gasteiger partial charge in [-0.1, -0.05) is 6.07 Å². The quantitative estimate of drug-likeness (QED) is 0.689. The van der Waals surface area contributed by atoms with Crippen LogP contribution >= 0.6 is 0 Å². The smallest absolute Gasteiger partial charge is 0.354 e. The summed E-state index contributed by atoms with van der Waals surface area (Å²) >= 11 is 0. The number of alkyl halides is 6. The van der Waals surface area contributed by atoms with E-state index in [1.165, 1.54) is 0 Å². The molecule has 0 saturated heterocycles. The molecule has 1 aromatic rings. The number of carbonyl (C=O) groups is 1. The molecule has 126 valence electrons. The molecule has 0 saturated carbocycles. The summed E-state index contributed by atoms with van der Waals surface area (Å²) in [6, 6.07) is 0.268. The summed E-state index contributed by atoms with van der Waals surface area (Å²) in [6.07, 6.45) is -10.1. The molecule has 1 aliphatic rings. The Morgan fingerprint density at radius 2 is 1.61 bits per heavy atom. The molecule has 1 aromatic carbocycles. The Labute approximate surface area is 125 Å². The Bertz CT molecular complexity index is 605. The van der Waals surface area contributed by atoms with Crippen molar-refractivity contribution >= 4 is 17.7 Å². The maximum atomic E-state index is 12.9. The largest absolute Gasteiger partial charge is 0.418 e. The molecule has 23 heavy (non-hydrogen) atoms. The summed E-state index contributed by atoms with van der Waals surface area (Å²) in [5, 5.41) is 6.24. The average Bonchev–Trinajstić information content (AvgIpc) is 2.89. The Morgan fingerprint density at radius 1 is 1.04 bits per heavy atom. The monoisotopic (exact) mass is 340 g/mol. The molecular weight excluding hydrogens is 330 g/mol. The van der Waals surface area contributed by atoms with Gasteiger partial charge in [0.05, 0.1) is 23.4 Å². The van der Waals surface area contributed by atoms with Crippen LogP contribution in [0.2, 0.25) is 0 Å². The van der Waals surface area contributed by atoms with E-state index in [-0.39, 0.29) is 5.96 Å². The van der Waals surface area contributed by atoms with Gasteiger partial charge in [-0.3, -0.25) is 10.3 Å². The van der Waals surface area contributed by atoms with Crippen molar-refractivity contribution in [2.45, 2.75) is 12.4 Å². The number of aliphatic imine (C=N–C) groups is 1. The number of urea groups is 1. The maximum Gasteiger partial charge on any atom is 0.418 e. The summed E-state index contributed by atoms with van der Waals surface area (Å²) in [5.74, 6) is -0.0273. The zero-order valence-electron chi connectivity index (χ0n) is 11.3. The third-order valence-corrected chi connectivity index (χ3v) is 2.82. The van der Waals surface area contributed by atoms with Gasteiger partial charge < -0.3 is 10.6 Å². The SMILES string of the molecule is O=C(NC1=NCCN1)Nc1c(C(F)(F)F)cccc1C(F)(F)F. The Balaban J connectivity index is 2.35. The minimum Gasteiger partial charge on any atom is -0.354 e. The molecule has 0 aromatic heterocycles. The number of anilines is 1. The van der Waals surface area contributed by atoms with E-state index in [0.29, 0.717) is 31.3 Å². The number of hydrogen-bond acceptors (Lipinski definition) is 3. The predicted molar refractivity (Wildman–Crippen MR) is 68.9 cm³/mol. The first-order valence-corrected chi connectivity index (χ1v) is 6.23. The number of hydrogen-bond donors (Lipinski definition) is 3. The fourth-order valence-electron chi connectivity index (χ4n) is 1.89. The van der Waals surface area contributed by atoms with Crippen molar-refractivity contribution in [3.63, 3.8) is 0 Å². The van der Waals surface area contributed by atoms with Crippen molar-refractivity contribution in [2.75, 3.05) is 18.4 Å². The molecule has 1 heterocycles. The highest BCUT2D eigenvalue weighted by molar-refractivity contribution is 6.03. The normalized spacial score (nSPS) is 15.0. The summed E-state index contributed by atoms with van der Waals surface area (Å²) in [5.41, 5.74) is -4.55. The fraction of sp³-hybridized carbons (Fsp3) is 0.333. The Kier molecular flexibility index (Phi) is 4.39. The zero-order valence-corrected chi connectivity index (χ0v) is 11.3. The van der Waals surface area contributed by atoms with Gasteiger partial charge in [0, 0.05) is 6.54 Å². The van der Waals surface area contributed by atoms with Crippen molar-refractivity contribution in [3.05, 3.63) is 29.3 Å². The molecule has 3 N–H and O–H groups in total. The van der Waals surface area contributed by atoms with Crippen LogP contribution in [0.25, 0.3) is 0 Å². The number of rotatable bonds is 1. The van der Waals surface area contributed by atoms with E-state index in [9.17, 15) is 31.1 Å². The first-order valence-electron chi connectivity index (χ1n) is 6.23. The molecule has 0 spiro atoms. The summed E-state index contributed by atoms with van der Waals surface area (Å²) in [7, 11) is 0. The van der Waals surface area contributed by atoms with Crippen LogP contribution in [-0.2, 0) is 12.4 Å². The lowest BCUT2D eigenvalue weighted by atomic mass is 10.1. The second-order valence-electron chi connectivity index (χ2n) is 4.46. The van der Waals surface area contributed by atoms with Gasteiger partial charge in [-0.2, -0.15) is 26.3 Å². The maximum absolute atomic E-state index is 12.9. The van der Waals surface area contributed by atoms with Gasteiger partial charge in [0.15, 0.2) is 5.96 Å². The van der Waals surface area contributed by atoms with Gasteiger partial charge >= 0.3 is 18.4 Å². The highest BCUT2D eigenvalue weighted by atomic mass is 19.4. The lowest BCUT2D eigenvalue weighted by Gasteiger charge is -2.19. The Morgan fingerprint density at radius 3 is 2.04 bits per heavy atom. The summed E-state index contributed by atoms with van der Waals surface area (Å²) < 4.78 is 77.4. The summed E-state index contributed by atoms with van der Waals surface area (Å²) in [4.78, 5) is 15.4. The van der Waals surface area contributed by atoms with Gasteiger partial charge in [0.1, 0.15) is 0 Å². The lowest BCUT2D eigenvalue weighted by Crippen LogP contribution is -2.41. The highest BCUT2D eigenvalue weighted by Gasteiger charge is 2.41. The van der Waals surface area contributed by atoms with Gasteiger partial charge in [-0.25, -0.2) is 4.79 Å². The summed E-state index contributed by atoms with van der Waals surface area (Å²) in [6.45, 7) is 0.741. The molecule has 0 bridgehead atoms. The van der Waals surface area contributed by atoms with E-state index in [0.717, 1.165) is 0 Å². The van der Waals surface area contributed by atoms with Crippen molar-refractivity contribution in [1.82, 2.24) is 10.6 Å². The number of nitrogens with zero attached hydrogens (tertiary/aromatic N) is 1. The van der Waals surface area contributed by atoms with Gasteiger partial charge in [-0.05, 0) is 12.1 Å². The van der Waals surface area contributed by atoms with Crippen LogP contribution in [0.5, 0.6) is 0 Å². The molecule has 0 fully saturated rings. The number of halogens is 6. The standard InChI is InChI=1S/C12H10F6N4O/c13-11(14,15)6-2-1-3-7(12(16,17)18)8(6)21-10(23)22-9-19-4-5-20-9/h1-3H,4-5H2,(H3,19,20,21,22,23). The van der Waals surface area contributed by atoms with E-state index in [1.807, 2.05) is 5.32 Å². The molecule has 0 aliphatic carbocycles. The van der Waals surface area contributed by atoms with Crippen molar-refractivity contribution in [1.29, 1.82) is 0 Å². The molecule has 0 radical (unpaired) electrons. The van der Waals surface area contributed by atoms with Gasteiger partial charge in [0.2, 0.25) is 0 Å². The number of para-hydroxylation sites is 1. The number of carbonyl (C=O) groups excluding carboxylic acids is 1. The van der Waals surface area contributed by atoms with Crippen LogP contribution in [0.15, 0.2) is 23.2 Å². The minimum atomic E-state index is -5.06. The molecule has 1 aliphatic heterocycles. The van der Waals surface area contributed by atoms with E-state index < -0.39 is 35.2 Å². The molecule has 11 heteroatoms. The van der Waals surface area contributed by atoms with Crippen molar-refractivity contribution in [3.8, 4) is 0 Å². The molecule has 2 rings (SSSR count). The van der Waals surface area contributed by atoms with Crippen LogP contribution in [0.4, 0.5) is 36.8 Å². The number of benzene rings is 1. The van der Waals surface area contributed by atoms with Gasteiger partial charge in [-0.15, -0.1) is 0 Å². The van der Waals surface area contributed by atoms with Crippen LogP contribution in [0, 0.1) is 0 Å². The predicted octanol–water partition coefficient (Wildman–Crippen LogP) is 2.80. The van der Waals surface area contributed by atoms with Crippen molar-refractivity contribution < 1.29 is 31.1 Å². The number of guanidine groups is 1. The first-order chi connectivity index (χ1) is 10.6. The molecule has 5 nitrogen and oxygen atoms in total. The van der Waals surface area contributed by atoms with Gasteiger partial charge in [0.25, 0.3) is 0 Å². The second kappa shape index (κ2) is 5.97. The molecular formula is C12H10F6N4O. The average molecular weight is 340 g/mol. The Hall–Kier alpha value is -2.46. The van der Waals surface area contributed by atoms with E-state index in [2.05, 4.69) is 10.3 Å². The zero-order chi connectivity index (χ0) is 17.3. The third kappa shape index (κ3) is 4.05. The topological polar surface area (TPSA) is 65.5 Å². The fourth-order valence-corrected chi connectivity index (χ4v) is 1.89. The lowest BCUT2D eigenvalue weighted by molar-refractivity contribution is -0.141. The van der Waals surface area contributed by atoms with E-state index >= 15 is 0 Å². The van der Waals surface area contributed by atoms with Crippen LogP contribution in [0.3, 0.4) is 0 Å². The minimum absolute atomic E-state index is 0.0273. The van der Waals surface area contributed by atoms with Crippen molar-refractivity contribution in [2.24, 2.45) is 4.99 Å². The number of nitrogens with one attached hydrogen (secondary N) is 3. The van der Waals surface area contributed by atoms with Crippen LogP contribution in [-0.4, -0.2) is 25.1 Å². The van der Waals surface area contributed by atoms with E-state index in [4.69, 9.17) is 0 Å². The second-order valence-corrected chi connectivity index (χ2v) is 4.46. The molecule has 0 atom stereocenters. The van der Waals surface area contributed by atoms with Crippen LogP contribution in [0.1, 0.15) is 11.1 Å².